The Kier molecular flexibility index (Phi) is 7.22. The molecule has 0 aliphatic rings. The molecular formula is C8H19N3O4S. The van der Waals surface area contributed by atoms with E-state index in [1.165, 1.54) is 0 Å². The van der Waals surface area contributed by atoms with Gasteiger partial charge in [0.2, 0.25) is 5.91 Å². The molecular weight excluding hydrogens is 234 g/mol. The van der Waals surface area contributed by atoms with E-state index in [2.05, 4.69) is 5.32 Å². The summed E-state index contributed by atoms with van der Waals surface area (Å²) in [5.74, 6) is -0.922. The standard InChI is InChI=1S/C8H19N3O4S/c9-4-2-1-3-7(10)8(12)11-5-6-16(13,14)15/h7H,1-6,9-10H2,(H,11,12)(H,13,14,15). The predicted octanol–water partition coefficient (Wildman–Crippen LogP) is -1.55. The zero-order valence-corrected chi connectivity index (χ0v) is 9.87. The summed E-state index contributed by atoms with van der Waals surface area (Å²) in [6.45, 7) is 0.416. The van der Waals surface area contributed by atoms with Crippen molar-refractivity contribution in [2.45, 2.75) is 25.3 Å². The maximum Gasteiger partial charge on any atom is 0.266 e. The van der Waals surface area contributed by atoms with Crippen molar-refractivity contribution in [2.24, 2.45) is 11.5 Å². The predicted molar refractivity (Wildman–Crippen MR) is 60.3 cm³/mol. The lowest BCUT2D eigenvalue weighted by Gasteiger charge is -2.11. The molecule has 0 heterocycles. The van der Waals surface area contributed by atoms with Crippen molar-refractivity contribution in [3.05, 3.63) is 0 Å². The summed E-state index contributed by atoms with van der Waals surface area (Å²) < 4.78 is 29.1. The lowest BCUT2D eigenvalue weighted by molar-refractivity contribution is -0.122. The number of hydrogen-bond donors (Lipinski definition) is 4. The molecule has 0 aliphatic heterocycles. The van der Waals surface area contributed by atoms with Crippen LogP contribution in [0.2, 0.25) is 0 Å². The number of unbranched alkanes of at least 4 members (excludes halogenated alkanes) is 1. The van der Waals surface area contributed by atoms with Gasteiger partial charge in [0.25, 0.3) is 10.1 Å². The summed E-state index contributed by atoms with van der Waals surface area (Å²) in [4.78, 5) is 11.3. The summed E-state index contributed by atoms with van der Waals surface area (Å²) in [6, 6.07) is -0.659. The maximum atomic E-state index is 11.3. The number of amides is 1. The molecule has 16 heavy (non-hydrogen) atoms. The smallest absolute Gasteiger partial charge is 0.266 e. The average Bonchev–Trinajstić information content (AvgIpc) is 2.15. The van der Waals surface area contributed by atoms with Gasteiger partial charge in [0.05, 0.1) is 11.8 Å². The molecule has 0 saturated carbocycles. The Labute approximate surface area is 95.3 Å². The van der Waals surface area contributed by atoms with Crippen LogP contribution in [0, 0.1) is 0 Å². The molecule has 0 aromatic rings. The van der Waals surface area contributed by atoms with Gasteiger partial charge in [-0.25, -0.2) is 0 Å². The van der Waals surface area contributed by atoms with Crippen molar-refractivity contribution in [1.82, 2.24) is 5.32 Å². The van der Waals surface area contributed by atoms with Crippen LogP contribution in [0.15, 0.2) is 0 Å². The van der Waals surface area contributed by atoms with Gasteiger partial charge in [-0.1, -0.05) is 6.42 Å². The second kappa shape index (κ2) is 7.55. The van der Waals surface area contributed by atoms with Crippen molar-refractivity contribution in [3.63, 3.8) is 0 Å². The topological polar surface area (TPSA) is 136 Å². The normalized spacial score (nSPS) is 13.4. The van der Waals surface area contributed by atoms with Gasteiger partial charge in [-0.2, -0.15) is 8.42 Å². The summed E-state index contributed by atoms with van der Waals surface area (Å²) in [5.41, 5.74) is 10.8. The van der Waals surface area contributed by atoms with Gasteiger partial charge in [-0.3, -0.25) is 9.35 Å². The van der Waals surface area contributed by atoms with Gasteiger partial charge >= 0.3 is 0 Å². The van der Waals surface area contributed by atoms with Gasteiger partial charge in [0.1, 0.15) is 0 Å². The third-order valence-electron chi connectivity index (χ3n) is 1.97. The van der Waals surface area contributed by atoms with Crippen LogP contribution in [0.3, 0.4) is 0 Å². The minimum absolute atomic E-state index is 0.137. The molecule has 6 N–H and O–H groups in total. The van der Waals surface area contributed by atoms with E-state index in [1.807, 2.05) is 0 Å². The van der Waals surface area contributed by atoms with E-state index in [1.54, 1.807) is 0 Å². The number of hydrogen-bond acceptors (Lipinski definition) is 5. The van der Waals surface area contributed by atoms with E-state index in [4.69, 9.17) is 16.0 Å². The Morgan fingerprint density at radius 1 is 1.38 bits per heavy atom. The van der Waals surface area contributed by atoms with Crippen molar-refractivity contribution in [2.75, 3.05) is 18.8 Å². The molecule has 0 radical (unpaired) electrons. The largest absolute Gasteiger partial charge is 0.354 e. The van der Waals surface area contributed by atoms with Gasteiger partial charge in [0.15, 0.2) is 0 Å². The third kappa shape index (κ3) is 8.60. The lowest BCUT2D eigenvalue weighted by Crippen LogP contribution is -2.42. The number of nitrogens with two attached hydrogens (primary N) is 2. The fourth-order valence-corrected chi connectivity index (χ4v) is 1.43. The quantitative estimate of drug-likeness (QED) is 0.305. The summed E-state index contributed by atoms with van der Waals surface area (Å²) in [7, 11) is -4.04. The molecule has 0 aromatic carbocycles. The third-order valence-corrected chi connectivity index (χ3v) is 2.69. The van der Waals surface area contributed by atoms with Crippen LogP contribution < -0.4 is 16.8 Å². The van der Waals surface area contributed by atoms with E-state index in [9.17, 15) is 13.2 Å². The Balaban J connectivity index is 3.71. The molecule has 0 aromatic heterocycles. The molecule has 1 unspecified atom stereocenters. The Bertz CT molecular complexity index is 304. The van der Waals surface area contributed by atoms with Crippen LogP contribution in [0.5, 0.6) is 0 Å². The molecule has 0 bridgehead atoms. The second-order valence-electron chi connectivity index (χ2n) is 3.47. The average molecular weight is 253 g/mol. The van der Waals surface area contributed by atoms with Crippen LogP contribution in [0.25, 0.3) is 0 Å². The van der Waals surface area contributed by atoms with E-state index >= 15 is 0 Å². The fraction of sp³-hybridized carbons (Fsp3) is 0.875. The highest BCUT2D eigenvalue weighted by atomic mass is 32.2. The first-order valence-corrected chi connectivity index (χ1v) is 6.66. The molecule has 96 valence electrons. The molecule has 0 rings (SSSR count). The van der Waals surface area contributed by atoms with E-state index in [0.717, 1.165) is 12.8 Å². The van der Waals surface area contributed by atoms with Crippen LogP contribution in [-0.2, 0) is 14.9 Å². The molecule has 7 nitrogen and oxygen atoms in total. The SMILES string of the molecule is NCCCCC(N)C(=O)NCCS(=O)(=O)O. The van der Waals surface area contributed by atoms with Gasteiger partial charge in [-0.15, -0.1) is 0 Å². The number of carbonyl (C=O) groups is 1. The number of nitrogens with one attached hydrogen (secondary N) is 1. The molecule has 0 fully saturated rings. The van der Waals surface area contributed by atoms with Gasteiger partial charge < -0.3 is 16.8 Å². The van der Waals surface area contributed by atoms with Gasteiger partial charge in [0, 0.05) is 6.54 Å². The summed E-state index contributed by atoms with van der Waals surface area (Å²) in [5, 5.41) is 2.33. The van der Waals surface area contributed by atoms with Crippen molar-refractivity contribution in [1.29, 1.82) is 0 Å². The van der Waals surface area contributed by atoms with Crippen LogP contribution in [-0.4, -0.2) is 43.8 Å². The summed E-state index contributed by atoms with van der Waals surface area (Å²) >= 11 is 0. The first kappa shape index (κ1) is 15.3. The zero-order chi connectivity index (χ0) is 12.6. The molecule has 1 atom stereocenters. The first-order chi connectivity index (χ1) is 7.37. The van der Waals surface area contributed by atoms with Crippen molar-refractivity contribution in [3.8, 4) is 0 Å². The fourth-order valence-electron chi connectivity index (χ4n) is 1.07. The number of rotatable bonds is 8. The first-order valence-electron chi connectivity index (χ1n) is 5.05. The minimum Gasteiger partial charge on any atom is -0.354 e. The maximum absolute atomic E-state index is 11.3. The van der Waals surface area contributed by atoms with E-state index in [0.29, 0.717) is 13.0 Å². The van der Waals surface area contributed by atoms with Crippen LogP contribution in [0.4, 0.5) is 0 Å². The highest BCUT2D eigenvalue weighted by Crippen LogP contribution is 1.97. The Morgan fingerprint density at radius 3 is 2.50 bits per heavy atom. The molecule has 1 amide bonds. The Morgan fingerprint density at radius 2 is 2.00 bits per heavy atom. The number of carbonyl (C=O) groups excluding carboxylic acids is 1. The lowest BCUT2D eigenvalue weighted by atomic mass is 10.1. The zero-order valence-electron chi connectivity index (χ0n) is 9.05. The molecule has 8 heteroatoms. The highest BCUT2D eigenvalue weighted by molar-refractivity contribution is 7.85. The van der Waals surface area contributed by atoms with Crippen molar-refractivity contribution >= 4 is 16.0 Å². The molecule has 0 aliphatic carbocycles. The van der Waals surface area contributed by atoms with Crippen LogP contribution >= 0.6 is 0 Å². The monoisotopic (exact) mass is 253 g/mol. The van der Waals surface area contributed by atoms with Gasteiger partial charge in [-0.05, 0) is 19.4 Å². The van der Waals surface area contributed by atoms with E-state index < -0.39 is 27.8 Å². The highest BCUT2D eigenvalue weighted by Gasteiger charge is 2.13. The minimum atomic E-state index is -4.04. The molecule has 0 saturated heterocycles. The van der Waals surface area contributed by atoms with E-state index in [-0.39, 0.29) is 6.54 Å². The van der Waals surface area contributed by atoms with Crippen LogP contribution in [0.1, 0.15) is 19.3 Å². The summed E-state index contributed by atoms with van der Waals surface area (Å²) in [6.07, 6.45) is 2.06. The Hall–Kier alpha value is -0.700. The van der Waals surface area contributed by atoms with Crippen molar-refractivity contribution < 1.29 is 17.8 Å². The second-order valence-corrected chi connectivity index (χ2v) is 5.04. The molecule has 0 spiro atoms.